The van der Waals surface area contributed by atoms with Gasteiger partial charge in [0.2, 0.25) is 5.91 Å². The van der Waals surface area contributed by atoms with Crippen molar-refractivity contribution in [1.82, 2.24) is 15.5 Å². The first-order valence-electron chi connectivity index (χ1n) is 10.1. The average Bonchev–Trinajstić information content (AvgIpc) is 2.78. The number of carbonyl (C=O) groups is 1. The number of hydrogen-bond acceptors (Lipinski definition) is 2. The van der Waals surface area contributed by atoms with E-state index >= 15 is 0 Å². The molecule has 1 heterocycles. The van der Waals surface area contributed by atoms with Gasteiger partial charge in [0.15, 0.2) is 5.96 Å². The quantitative estimate of drug-likeness (QED) is 0.600. The van der Waals surface area contributed by atoms with E-state index in [4.69, 9.17) is 0 Å². The number of nitrogens with one attached hydrogen (secondary N) is 2. The zero-order valence-corrected chi connectivity index (χ0v) is 16.6. The fourth-order valence-corrected chi connectivity index (χ4v) is 3.63. The largest absolute Gasteiger partial charge is 0.355 e. The number of guanidine groups is 1. The van der Waals surface area contributed by atoms with Gasteiger partial charge in [-0.1, -0.05) is 60.7 Å². The number of benzene rings is 2. The molecule has 2 aromatic rings. The molecule has 2 aromatic carbocycles. The number of piperidine rings is 1. The number of likely N-dealkylation sites (tertiary alicyclic amines) is 1. The van der Waals surface area contributed by atoms with Gasteiger partial charge in [-0.25, -0.2) is 0 Å². The SMILES string of the molecule is CN=C(NCC(=O)N1CCCCC1)NCC(c1ccccc1)c1ccccc1. The molecule has 0 radical (unpaired) electrons. The number of rotatable bonds is 6. The Morgan fingerprint density at radius 1 is 0.929 bits per heavy atom. The Labute approximate surface area is 167 Å². The zero-order chi connectivity index (χ0) is 19.6. The van der Waals surface area contributed by atoms with Crippen molar-refractivity contribution >= 4 is 11.9 Å². The molecule has 0 bridgehead atoms. The highest BCUT2D eigenvalue weighted by Crippen LogP contribution is 2.23. The first kappa shape index (κ1) is 19.9. The highest BCUT2D eigenvalue weighted by atomic mass is 16.2. The Hall–Kier alpha value is -2.82. The predicted octanol–water partition coefficient (Wildman–Crippen LogP) is 3.00. The summed E-state index contributed by atoms with van der Waals surface area (Å²) in [5.41, 5.74) is 2.50. The van der Waals surface area contributed by atoms with Crippen LogP contribution >= 0.6 is 0 Å². The maximum atomic E-state index is 12.4. The summed E-state index contributed by atoms with van der Waals surface area (Å²) in [5.74, 6) is 1.01. The molecule has 1 fully saturated rings. The van der Waals surface area contributed by atoms with Gasteiger partial charge in [0.25, 0.3) is 0 Å². The van der Waals surface area contributed by atoms with Gasteiger partial charge in [-0.15, -0.1) is 0 Å². The van der Waals surface area contributed by atoms with Crippen molar-refractivity contribution in [2.24, 2.45) is 4.99 Å². The molecule has 5 nitrogen and oxygen atoms in total. The van der Waals surface area contributed by atoms with Gasteiger partial charge >= 0.3 is 0 Å². The van der Waals surface area contributed by atoms with Crippen molar-refractivity contribution < 1.29 is 4.79 Å². The number of amides is 1. The number of hydrogen-bond donors (Lipinski definition) is 2. The molecule has 0 spiro atoms. The van der Waals surface area contributed by atoms with Crippen molar-refractivity contribution in [2.75, 3.05) is 33.2 Å². The summed E-state index contributed by atoms with van der Waals surface area (Å²) in [7, 11) is 1.74. The van der Waals surface area contributed by atoms with Gasteiger partial charge < -0.3 is 15.5 Å². The second-order valence-electron chi connectivity index (χ2n) is 7.12. The van der Waals surface area contributed by atoms with E-state index in [1.807, 2.05) is 17.0 Å². The molecule has 1 aliphatic rings. The van der Waals surface area contributed by atoms with Crippen LogP contribution in [0.25, 0.3) is 0 Å². The van der Waals surface area contributed by atoms with Gasteiger partial charge in [-0.3, -0.25) is 9.79 Å². The van der Waals surface area contributed by atoms with Crippen LogP contribution in [0, 0.1) is 0 Å². The van der Waals surface area contributed by atoms with Crippen molar-refractivity contribution in [3.05, 3.63) is 71.8 Å². The second-order valence-corrected chi connectivity index (χ2v) is 7.12. The van der Waals surface area contributed by atoms with E-state index in [-0.39, 0.29) is 18.4 Å². The maximum absolute atomic E-state index is 12.4. The maximum Gasteiger partial charge on any atom is 0.241 e. The summed E-state index contributed by atoms with van der Waals surface area (Å²) in [5, 5.41) is 6.57. The molecule has 1 aliphatic heterocycles. The van der Waals surface area contributed by atoms with E-state index in [0.29, 0.717) is 12.5 Å². The van der Waals surface area contributed by atoms with E-state index in [2.05, 4.69) is 64.2 Å². The number of nitrogens with zero attached hydrogens (tertiary/aromatic N) is 2. The molecular formula is C23H30N4O. The van der Waals surface area contributed by atoms with E-state index in [0.717, 1.165) is 25.9 Å². The minimum absolute atomic E-state index is 0.144. The molecule has 2 N–H and O–H groups in total. The molecule has 0 aromatic heterocycles. The molecule has 3 rings (SSSR count). The molecule has 0 atom stereocenters. The summed E-state index contributed by atoms with van der Waals surface area (Å²) >= 11 is 0. The Balaban J connectivity index is 1.59. The van der Waals surface area contributed by atoms with Crippen LogP contribution in [0.1, 0.15) is 36.3 Å². The molecule has 148 valence electrons. The molecule has 0 unspecified atom stereocenters. The topological polar surface area (TPSA) is 56.7 Å². The third kappa shape index (κ3) is 5.59. The van der Waals surface area contributed by atoms with Crippen LogP contribution in [0.3, 0.4) is 0 Å². The lowest BCUT2D eigenvalue weighted by atomic mass is 9.91. The summed E-state index contributed by atoms with van der Waals surface area (Å²) in [4.78, 5) is 18.6. The van der Waals surface area contributed by atoms with Crippen molar-refractivity contribution in [3.8, 4) is 0 Å². The number of carbonyl (C=O) groups excluding carboxylic acids is 1. The Morgan fingerprint density at radius 2 is 1.50 bits per heavy atom. The fraction of sp³-hybridized carbons (Fsp3) is 0.391. The van der Waals surface area contributed by atoms with Crippen LogP contribution < -0.4 is 10.6 Å². The third-order valence-electron chi connectivity index (χ3n) is 5.22. The van der Waals surface area contributed by atoms with Gasteiger partial charge in [0.1, 0.15) is 0 Å². The molecule has 1 saturated heterocycles. The van der Waals surface area contributed by atoms with Crippen LogP contribution in [-0.2, 0) is 4.79 Å². The van der Waals surface area contributed by atoms with Gasteiger partial charge in [-0.2, -0.15) is 0 Å². The third-order valence-corrected chi connectivity index (χ3v) is 5.22. The molecule has 0 saturated carbocycles. The van der Waals surface area contributed by atoms with Crippen molar-refractivity contribution in [2.45, 2.75) is 25.2 Å². The lowest BCUT2D eigenvalue weighted by molar-refractivity contribution is -0.130. The normalized spacial score (nSPS) is 14.8. The van der Waals surface area contributed by atoms with E-state index < -0.39 is 0 Å². The highest BCUT2D eigenvalue weighted by molar-refractivity contribution is 5.86. The second kappa shape index (κ2) is 10.5. The molecule has 5 heteroatoms. The first-order chi connectivity index (χ1) is 13.8. The van der Waals surface area contributed by atoms with Gasteiger partial charge in [0.05, 0.1) is 6.54 Å². The highest BCUT2D eigenvalue weighted by Gasteiger charge is 2.17. The first-order valence-corrected chi connectivity index (χ1v) is 10.1. The monoisotopic (exact) mass is 378 g/mol. The van der Waals surface area contributed by atoms with Crippen LogP contribution in [-0.4, -0.2) is 50.0 Å². The molecule has 28 heavy (non-hydrogen) atoms. The molecular weight excluding hydrogens is 348 g/mol. The van der Waals surface area contributed by atoms with Crippen LogP contribution in [0.4, 0.5) is 0 Å². The lowest BCUT2D eigenvalue weighted by Gasteiger charge is -2.27. The minimum atomic E-state index is 0.144. The van der Waals surface area contributed by atoms with E-state index in [1.165, 1.54) is 17.5 Å². The van der Waals surface area contributed by atoms with Crippen LogP contribution in [0.15, 0.2) is 65.7 Å². The number of aliphatic imine (C=N–C) groups is 1. The van der Waals surface area contributed by atoms with E-state index in [1.54, 1.807) is 7.05 Å². The predicted molar refractivity (Wildman–Crippen MR) is 115 cm³/mol. The standard InChI is InChI=1S/C23H30N4O/c1-24-23(26-18-22(28)27-15-9-4-10-16-27)25-17-21(19-11-5-2-6-12-19)20-13-7-3-8-14-20/h2-3,5-8,11-14,21H,4,9-10,15-18H2,1H3,(H2,24,25,26). The smallest absolute Gasteiger partial charge is 0.241 e. The molecule has 1 amide bonds. The Bertz CT molecular complexity index is 715. The Kier molecular flexibility index (Phi) is 7.47. The summed E-state index contributed by atoms with van der Waals surface area (Å²) < 4.78 is 0. The molecule has 0 aliphatic carbocycles. The Morgan fingerprint density at radius 3 is 2.04 bits per heavy atom. The van der Waals surface area contributed by atoms with E-state index in [9.17, 15) is 4.79 Å². The van der Waals surface area contributed by atoms with Crippen molar-refractivity contribution in [1.29, 1.82) is 0 Å². The summed E-state index contributed by atoms with van der Waals surface area (Å²) in [6.45, 7) is 2.72. The van der Waals surface area contributed by atoms with Crippen LogP contribution in [0.2, 0.25) is 0 Å². The van der Waals surface area contributed by atoms with Gasteiger partial charge in [-0.05, 0) is 30.4 Å². The average molecular weight is 379 g/mol. The van der Waals surface area contributed by atoms with Crippen molar-refractivity contribution in [3.63, 3.8) is 0 Å². The van der Waals surface area contributed by atoms with Crippen LogP contribution in [0.5, 0.6) is 0 Å². The summed E-state index contributed by atoms with van der Waals surface area (Å²) in [6.07, 6.45) is 3.43. The van der Waals surface area contributed by atoms with Gasteiger partial charge in [0, 0.05) is 32.6 Å². The zero-order valence-electron chi connectivity index (χ0n) is 16.6. The lowest BCUT2D eigenvalue weighted by Crippen LogP contribution is -2.46. The minimum Gasteiger partial charge on any atom is -0.355 e. The summed E-state index contributed by atoms with van der Waals surface area (Å²) in [6, 6.07) is 20.9. The fourth-order valence-electron chi connectivity index (χ4n) is 3.63.